The van der Waals surface area contributed by atoms with Gasteiger partial charge in [-0.05, 0) is 30.6 Å². The number of aliphatic carboxylic acids is 1. The molecule has 3 unspecified atom stereocenters. The van der Waals surface area contributed by atoms with Crippen LogP contribution in [-0.4, -0.2) is 35.6 Å². The summed E-state index contributed by atoms with van der Waals surface area (Å²) in [6.07, 6.45) is 9.27. The Labute approximate surface area is 123 Å². The topological polar surface area (TPSA) is 40.5 Å². The summed E-state index contributed by atoms with van der Waals surface area (Å²) in [5.41, 5.74) is 0. The predicted molar refractivity (Wildman–Crippen MR) is 81.7 cm³/mol. The van der Waals surface area contributed by atoms with E-state index in [2.05, 4.69) is 18.7 Å². The molecule has 3 atom stereocenters. The maximum Gasteiger partial charge on any atom is 0.307 e. The Hall–Kier alpha value is -0.570. The molecule has 0 radical (unpaired) electrons. The second-order valence-corrected chi connectivity index (χ2v) is 7.44. The van der Waals surface area contributed by atoms with Crippen molar-refractivity contribution in [2.24, 2.45) is 23.7 Å². The molecule has 0 aromatic carbocycles. The molecule has 20 heavy (non-hydrogen) atoms. The third-order valence-electron chi connectivity index (χ3n) is 5.11. The Morgan fingerprint density at radius 1 is 1.25 bits per heavy atom. The van der Waals surface area contributed by atoms with Gasteiger partial charge < -0.3 is 10.0 Å². The van der Waals surface area contributed by atoms with Gasteiger partial charge in [-0.2, -0.15) is 0 Å². The Balaban J connectivity index is 1.77. The van der Waals surface area contributed by atoms with Crippen LogP contribution in [0.1, 0.15) is 58.8 Å². The van der Waals surface area contributed by atoms with E-state index in [4.69, 9.17) is 0 Å². The molecule has 3 nitrogen and oxygen atoms in total. The minimum atomic E-state index is -0.610. The van der Waals surface area contributed by atoms with E-state index in [9.17, 15) is 9.90 Å². The van der Waals surface area contributed by atoms with E-state index in [1.54, 1.807) is 0 Å². The van der Waals surface area contributed by atoms with Crippen LogP contribution in [0, 0.1) is 23.7 Å². The van der Waals surface area contributed by atoms with Crippen LogP contribution >= 0.6 is 0 Å². The first-order valence-corrected chi connectivity index (χ1v) is 8.49. The predicted octanol–water partition coefficient (Wildman–Crippen LogP) is 3.64. The van der Waals surface area contributed by atoms with Gasteiger partial charge in [0.25, 0.3) is 0 Å². The number of carboxylic acids is 1. The van der Waals surface area contributed by atoms with E-state index in [0.29, 0.717) is 11.8 Å². The first kappa shape index (κ1) is 15.8. The van der Waals surface area contributed by atoms with Crippen LogP contribution < -0.4 is 0 Å². The number of hydrogen-bond acceptors (Lipinski definition) is 2. The van der Waals surface area contributed by atoms with Crippen molar-refractivity contribution in [3.8, 4) is 0 Å². The summed E-state index contributed by atoms with van der Waals surface area (Å²) in [7, 11) is 0. The minimum Gasteiger partial charge on any atom is -0.481 e. The molecule has 1 saturated heterocycles. The number of piperidine rings is 1. The third kappa shape index (κ3) is 4.76. The number of hydrogen-bond donors (Lipinski definition) is 1. The molecule has 116 valence electrons. The van der Waals surface area contributed by atoms with E-state index in [1.807, 2.05) is 0 Å². The fourth-order valence-corrected chi connectivity index (χ4v) is 4.30. The maximum absolute atomic E-state index is 11.2. The summed E-state index contributed by atoms with van der Waals surface area (Å²) in [5.74, 6) is 1.39. The molecule has 2 aliphatic rings. The molecule has 0 aromatic heterocycles. The fraction of sp³-hybridized carbons (Fsp3) is 0.941. The molecular weight excluding hydrogens is 250 g/mol. The fourth-order valence-electron chi connectivity index (χ4n) is 4.30. The van der Waals surface area contributed by atoms with E-state index in [0.717, 1.165) is 32.0 Å². The van der Waals surface area contributed by atoms with Crippen molar-refractivity contribution in [1.82, 2.24) is 4.90 Å². The normalized spacial score (nSPS) is 31.1. The highest BCUT2D eigenvalue weighted by Crippen LogP contribution is 2.30. The van der Waals surface area contributed by atoms with Crippen molar-refractivity contribution in [3.63, 3.8) is 0 Å². The summed E-state index contributed by atoms with van der Waals surface area (Å²) in [4.78, 5) is 13.6. The number of likely N-dealkylation sites (tertiary alicyclic amines) is 1. The molecule has 1 aliphatic carbocycles. The van der Waals surface area contributed by atoms with Crippen LogP contribution in [-0.2, 0) is 4.79 Å². The van der Waals surface area contributed by atoms with Gasteiger partial charge >= 0.3 is 5.97 Å². The molecule has 3 heteroatoms. The number of rotatable bonds is 5. The zero-order valence-corrected chi connectivity index (χ0v) is 13.2. The summed E-state index contributed by atoms with van der Waals surface area (Å²) in [6.45, 7) is 7.47. The second-order valence-electron chi connectivity index (χ2n) is 7.44. The van der Waals surface area contributed by atoms with Gasteiger partial charge in [0.2, 0.25) is 0 Å². The minimum absolute atomic E-state index is 0.152. The molecule has 0 spiro atoms. The summed E-state index contributed by atoms with van der Waals surface area (Å²) in [6, 6.07) is 0. The smallest absolute Gasteiger partial charge is 0.307 e. The Kier molecular flexibility index (Phi) is 5.88. The maximum atomic E-state index is 11.2. The van der Waals surface area contributed by atoms with Crippen LogP contribution in [0.3, 0.4) is 0 Å². The average molecular weight is 281 g/mol. The first-order valence-electron chi connectivity index (χ1n) is 8.49. The van der Waals surface area contributed by atoms with Crippen LogP contribution in [0.4, 0.5) is 0 Å². The highest BCUT2D eigenvalue weighted by atomic mass is 16.4. The van der Waals surface area contributed by atoms with Crippen molar-refractivity contribution in [2.45, 2.75) is 58.8 Å². The van der Waals surface area contributed by atoms with Crippen LogP contribution in [0.5, 0.6) is 0 Å². The standard InChI is InChI=1S/C17H31NO2/c1-13(8-15-6-4-3-5-7-15)10-18-11-14(2)9-16(12-18)17(19)20/h13-16H,3-12H2,1-2H3,(H,19,20). The van der Waals surface area contributed by atoms with Crippen molar-refractivity contribution >= 4 is 5.97 Å². The Bertz CT molecular complexity index is 312. The number of nitrogens with zero attached hydrogens (tertiary/aromatic N) is 1. The average Bonchev–Trinajstić information content (AvgIpc) is 2.38. The number of carboxylic acid groups (broad SMARTS) is 1. The van der Waals surface area contributed by atoms with Gasteiger partial charge in [-0.1, -0.05) is 46.0 Å². The summed E-state index contributed by atoms with van der Waals surface area (Å²) >= 11 is 0. The van der Waals surface area contributed by atoms with Gasteiger partial charge in [0.1, 0.15) is 0 Å². The quantitative estimate of drug-likeness (QED) is 0.836. The lowest BCUT2D eigenvalue weighted by Gasteiger charge is -2.36. The molecule has 0 amide bonds. The highest BCUT2D eigenvalue weighted by molar-refractivity contribution is 5.70. The van der Waals surface area contributed by atoms with Gasteiger partial charge in [-0.25, -0.2) is 0 Å². The highest BCUT2D eigenvalue weighted by Gasteiger charge is 2.30. The molecule has 2 rings (SSSR count). The second kappa shape index (κ2) is 7.44. The van der Waals surface area contributed by atoms with Gasteiger partial charge in [0, 0.05) is 19.6 Å². The zero-order chi connectivity index (χ0) is 14.5. The van der Waals surface area contributed by atoms with Crippen molar-refractivity contribution in [2.75, 3.05) is 19.6 Å². The SMILES string of the molecule is CC(CC1CCCCC1)CN1CC(C)CC(C(=O)O)C1. The molecular formula is C17H31NO2. The van der Waals surface area contributed by atoms with Crippen molar-refractivity contribution in [1.29, 1.82) is 0 Å². The monoisotopic (exact) mass is 281 g/mol. The van der Waals surface area contributed by atoms with Crippen LogP contribution in [0.2, 0.25) is 0 Å². The molecule has 0 aromatic rings. The molecule has 1 aliphatic heterocycles. The number of carbonyl (C=O) groups is 1. The van der Waals surface area contributed by atoms with Crippen LogP contribution in [0.15, 0.2) is 0 Å². The molecule has 1 saturated carbocycles. The third-order valence-corrected chi connectivity index (χ3v) is 5.11. The molecule has 1 heterocycles. The zero-order valence-electron chi connectivity index (χ0n) is 13.2. The van der Waals surface area contributed by atoms with Crippen LogP contribution in [0.25, 0.3) is 0 Å². The Morgan fingerprint density at radius 2 is 1.95 bits per heavy atom. The Morgan fingerprint density at radius 3 is 2.60 bits per heavy atom. The summed E-state index contributed by atoms with van der Waals surface area (Å²) in [5, 5.41) is 9.24. The van der Waals surface area contributed by atoms with E-state index in [-0.39, 0.29) is 5.92 Å². The molecule has 0 bridgehead atoms. The lowest BCUT2D eigenvalue weighted by molar-refractivity contribution is -0.144. The van der Waals surface area contributed by atoms with Gasteiger partial charge in [-0.15, -0.1) is 0 Å². The van der Waals surface area contributed by atoms with E-state index >= 15 is 0 Å². The lowest BCUT2D eigenvalue weighted by atomic mass is 9.82. The molecule has 2 fully saturated rings. The van der Waals surface area contributed by atoms with E-state index < -0.39 is 5.97 Å². The van der Waals surface area contributed by atoms with Gasteiger partial charge in [-0.3, -0.25) is 4.79 Å². The van der Waals surface area contributed by atoms with Crippen molar-refractivity contribution in [3.05, 3.63) is 0 Å². The van der Waals surface area contributed by atoms with Gasteiger partial charge in [0.15, 0.2) is 0 Å². The van der Waals surface area contributed by atoms with Gasteiger partial charge in [0.05, 0.1) is 5.92 Å². The van der Waals surface area contributed by atoms with Crippen molar-refractivity contribution < 1.29 is 9.90 Å². The first-order chi connectivity index (χ1) is 9.54. The summed E-state index contributed by atoms with van der Waals surface area (Å²) < 4.78 is 0. The van der Waals surface area contributed by atoms with E-state index in [1.165, 1.54) is 38.5 Å². The largest absolute Gasteiger partial charge is 0.481 e. The lowest BCUT2D eigenvalue weighted by Crippen LogP contribution is -2.44. The molecule has 1 N–H and O–H groups in total.